The summed E-state index contributed by atoms with van der Waals surface area (Å²) >= 11 is 8.68. The zero-order valence-electron chi connectivity index (χ0n) is 17.5. The van der Waals surface area contributed by atoms with Crippen LogP contribution < -0.4 is 20.3 Å². The summed E-state index contributed by atoms with van der Waals surface area (Å²) in [4.78, 5) is 25.4. The van der Waals surface area contributed by atoms with Crippen molar-refractivity contribution in [3.8, 4) is 5.75 Å². The zero-order valence-corrected chi connectivity index (χ0v) is 19.9. The monoisotopic (exact) mass is 491 g/mol. The van der Waals surface area contributed by atoms with Crippen LogP contribution in [0, 0.1) is 5.92 Å². The number of nitrogens with zero attached hydrogens (tertiary/aromatic N) is 1. The highest BCUT2D eigenvalue weighted by atomic mass is 79.9. The maximum Gasteiger partial charge on any atom is 0.257 e. The van der Waals surface area contributed by atoms with Crippen LogP contribution in [0.4, 0.5) is 11.4 Å². The fourth-order valence-corrected chi connectivity index (χ4v) is 3.16. The van der Waals surface area contributed by atoms with Crippen molar-refractivity contribution < 1.29 is 14.3 Å². The average molecular weight is 492 g/mol. The molecule has 0 aliphatic rings. The van der Waals surface area contributed by atoms with Gasteiger partial charge in [0, 0.05) is 30.9 Å². The highest BCUT2D eigenvalue weighted by molar-refractivity contribution is 9.10. The van der Waals surface area contributed by atoms with Crippen LogP contribution >= 0.6 is 28.1 Å². The summed E-state index contributed by atoms with van der Waals surface area (Å²) in [5.74, 6) is 0.882. The van der Waals surface area contributed by atoms with Crippen LogP contribution in [-0.2, 0) is 4.79 Å². The Hall–Kier alpha value is -2.45. The molecule has 0 bridgehead atoms. The van der Waals surface area contributed by atoms with Crippen molar-refractivity contribution in [2.45, 2.75) is 27.2 Å². The third-order valence-corrected chi connectivity index (χ3v) is 5.18. The van der Waals surface area contributed by atoms with Crippen LogP contribution in [0.2, 0.25) is 0 Å². The van der Waals surface area contributed by atoms with Gasteiger partial charge in [0.2, 0.25) is 5.91 Å². The van der Waals surface area contributed by atoms with E-state index in [1.807, 2.05) is 0 Å². The summed E-state index contributed by atoms with van der Waals surface area (Å²) in [5.41, 5.74) is 1.93. The summed E-state index contributed by atoms with van der Waals surface area (Å²) in [6, 6.07) is 12.3. The molecule has 0 aliphatic carbocycles. The molecule has 160 valence electrons. The van der Waals surface area contributed by atoms with Crippen LogP contribution in [0.5, 0.6) is 5.75 Å². The molecule has 0 heterocycles. The topological polar surface area (TPSA) is 70.7 Å². The summed E-state index contributed by atoms with van der Waals surface area (Å²) in [7, 11) is 1.70. The van der Waals surface area contributed by atoms with Crippen LogP contribution in [0.25, 0.3) is 0 Å². The van der Waals surface area contributed by atoms with Gasteiger partial charge < -0.3 is 15.0 Å². The third-order valence-electron chi connectivity index (χ3n) is 4.36. The molecule has 2 amide bonds. The van der Waals surface area contributed by atoms with E-state index in [0.29, 0.717) is 34.0 Å². The first kappa shape index (κ1) is 23.8. The van der Waals surface area contributed by atoms with E-state index >= 15 is 0 Å². The first-order valence-electron chi connectivity index (χ1n) is 9.56. The largest absolute Gasteiger partial charge is 0.492 e. The molecule has 2 N–H and O–H groups in total. The molecule has 6 nitrogen and oxygen atoms in total. The van der Waals surface area contributed by atoms with Gasteiger partial charge in [-0.3, -0.25) is 14.9 Å². The smallest absolute Gasteiger partial charge is 0.257 e. The van der Waals surface area contributed by atoms with Gasteiger partial charge in [0.05, 0.1) is 11.1 Å². The minimum absolute atomic E-state index is 0.0546. The Bertz CT molecular complexity index is 916. The van der Waals surface area contributed by atoms with Crippen molar-refractivity contribution in [3.63, 3.8) is 0 Å². The number of anilines is 2. The second-order valence-corrected chi connectivity index (χ2v) is 8.47. The number of carbonyl (C=O) groups is 2. The molecule has 0 saturated carbocycles. The Morgan fingerprint density at radius 3 is 2.40 bits per heavy atom. The lowest BCUT2D eigenvalue weighted by Gasteiger charge is -2.16. The van der Waals surface area contributed by atoms with E-state index < -0.39 is 0 Å². The Kier molecular flexibility index (Phi) is 8.80. The molecule has 0 aromatic heterocycles. The molecule has 0 spiro atoms. The molecule has 30 heavy (non-hydrogen) atoms. The number of benzene rings is 2. The fraction of sp³-hybridized carbons (Fsp3) is 0.318. The molecular weight excluding hydrogens is 466 g/mol. The lowest BCUT2D eigenvalue weighted by molar-refractivity contribution is -0.116. The van der Waals surface area contributed by atoms with E-state index in [-0.39, 0.29) is 16.9 Å². The number of halogens is 1. The van der Waals surface area contributed by atoms with Crippen molar-refractivity contribution >= 4 is 56.4 Å². The van der Waals surface area contributed by atoms with Crippen molar-refractivity contribution in [2.24, 2.45) is 5.92 Å². The van der Waals surface area contributed by atoms with E-state index in [2.05, 4.69) is 40.4 Å². The Balaban J connectivity index is 1.93. The Morgan fingerprint density at radius 2 is 1.83 bits per heavy atom. The zero-order chi connectivity index (χ0) is 22.3. The minimum Gasteiger partial charge on any atom is -0.492 e. The van der Waals surface area contributed by atoms with Crippen LogP contribution in [0.3, 0.4) is 0 Å². The van der Waals surface area contributed by atoms with Crippen molar-refractivity contribution in [3.05, 3.63) is 52.5 Å². The number of thiocarbonyl (C=S) groups is 1. The Morgan fingerprint density at radius 1 is 1.17 bits per heavy atom. The van der Waals surface area contributed by atoms with E-state index in [0.717, 1.165) is 12.1 Å². The summed E-state index contributed by atoms with van der Waals surface area (Å²) in [6.07, 6.45) is 0.959. The molecule has 2 rings (SSSR count). The molecule has 0 atom stereocenters. The van der Waals surface area contributed by atoms with Gasteiger partial charge in [-0.2, -0.15) is 0 Å². The number of nitrogens with one attached hydrogen (secondary N) is 2. The normalized spacial score (nSPS) is 10.5. The average Bonchev–Trinajstić information content (AvgIpc) is 2.68. The maximum atomic E-state index is 12.5. The van der Waals surface area contributed by atoms with Gasteiger partial charge in [-0.15, -0.1) is 0 Å². The second kappa shape index (κ2) is 11.1. The van der Waals surface area contributed by atoms with Gasteiger partial charge in [0.1, 0.15) is 5.75 Å². The van der Waals surface area contributed by atoms with Crippen molar-refractivity contribution in [1.29, 1.82) is 0 Å². The summed E-state index contributed by atoms with van der Waals surface area (Å²) in [5, 5.41) is 5.80. The third kappa shape index (κ3) is 7.11. The fourth-order valence-electron chi connectivity index (χ4n) is 2.45. The highest BCUT2D eigenvalue weighted by Gasteiger charge is 2.12. The van der Waals surface area contributed by atoms with Gasteiger partial charge >= 0.3 is 0 Å². The summed E-state index contributed by atoms with van der Waals surface area (Å²) in [6.45, 7) is 6.40. The first-order chi connectivity index (χ1) is 14.2. The highest BCUT2D eigenvalue weighted by Crippen LogP contribution is 2.26. The quantitative estimate of drug-likeness (QED) is 0.534. The molecule has 0 fully saturated rings. The lowest BCUT2D eigenvalue weighted by Crippen LogP contribution is -2.34. The maximum absolute atomic E-state index is 12.5. The van der Waals surface area contributed by atoms with Gasteiger partial charge in [-0.05, 0) is 83.0 Å². The molecule has 2 aromatic carbocycles. The number of amides is 2. The lowest BCUT2D eigenvalue weighted by atomic mass is 10.1. The van der Waals surface area contributed by atoms with Gasteiger partial charge in [-0.1, -0.05) is 13.8 Å². The predicted molar refractivity (Wildman–Crippen MR) is 128 cm³/mol. The predicted octanol–water partition coefficient (Wildman–Crippen LogP) is 4.98. The van der Waals surface area contributed by atoms with Crippen LogP contribution in [0.15, 0.2) is 46.9 Å². The molecular formula is C22H26BrN3O3S. The SMILES string of the molecule is CC(=O)N(C)c1ccc(NC(=S)NC(=O)c2ccc(OCCC(C)C)c(Br)c2)cc1. The van der Waals surface area contributed by atoms with Gasteiger partial charge in [-0.25, -0.2) is 0 Å². The minimum atomic E-state index is -0.324. The standard InChI is InChI=1S/C22H26BrN3O3S/c1-14(2)11-12-29-20-10-5-16(13-19(20)23)21(28)25-22(30)24-17-6-8-18(9-7-17)26(4)15(3)27/h5-10,13-14H,11-12H2,1-4H3,(H2,24,25,28,30). The van der Waals surface area contributed by atoms with Crippen molar-refractivity contribution in [1.82, 2.24) is 5.32 Å². The number of hydrogen-bond donors (Lipinski definition) is 2. The van der Waals surface area contributed by atoms with E-state index in [1.165, 1.54) is 11.8 Å². The van der Waals surface area contributed by atoms with Crippen LogP contribution in [0.1, 0.15) is 37.6 Å². The van der Waals surface area contributed by atoms with E-state index in [9.17, 15) is 9.59 Å². The molecule has 0 aliphatic heterocycles. The van der Waals surface area contributed by atoms with E-state index in [1.54, 1.807) is 49.5 Å². The van der Waals surface area contributed by atoms with E-state index in [4.69, 9.17) is 17.0 Å². The molecule has 0 unspecified atom stereocenters. The van der Waals surface area contributed by atoms with Gasteiger partial charge in [0.25, 0.3) is 5.91 Å². The number of carbonyl (C=O) groups excluding carboxylic acids is 2. The number of hydrogen-bond acceptors (Lipinski definition) is 4. The molecule has 0 saturated heterocycles. The molecule has 8 heteroatoms. The molecule has 2 aromatic rings. The number of rotatable bonds is 7. The van der Waals surface area contributed by atoms with Gasteiger partial charge in [0.15, 0.2) is 5.11 Å². The molecule has 0 radical (unpaired) electrons. The van der Waals surface area contributed by atoms with Crippen LogP contribution in [-0.4, -0.2) is 30.6 Å². The first-order valence-corrected chi connectivity index (χ1v) is 10.8. The number of ether oxygens (including phenoxy) is 1. The van der Waals surface area contributed by atoms with Crippen molar-refractivity contribution in [2.75, 3.05) is 23.9 Å². The second-order valence-electron chi connectivity index (χ2n) is 7.21. The Labute approximate surface area is 191 Å². The summed E-state index contributed by atoms with van der Waals surface area (Å²) < 4.78 is 6.45.